The van der Waals surface area contributed by atoms with Crippen LogP contribution in [0.3, 0.4) is 0 Å². The zero-order valence-electron chi connectivity index (χ0n) is 15.2. The summed E-state index contributed by atoms with van der Waals surface area (Å²) in [5.41, 5.74) is 0.974. The molecule has 6 heteroatoms. The van der Waals surface area contributed by atoms with Gasteiger partial charge in [-0.2, -0.15) is 5.10 Å². The van der Waals surface area contributed by atoms with Crippen molar-refractivity contribution in [2.75, 3.05) is 11.5 Å². The number of hydrogen-bond donors (Lipinski definition) is 0. The summed E-state index contributed by atoms with van der Waals surface area (Å²) in [6, 6.07) is 9.82. The topological polar surface area (TPSA) is 64.8 Å². The maximum atomic E-state index is 12.0. The highest BCUT2D eigenvalue weighted by molar-refractivity contribution is 7.91. The molecule has 3 rings (SSSR count). The zero-order chi connectivity index (χ0) is 18.0. The normalized spacial score (nSPS) is 20.9. The van der Waals surface area contributed by atoms with Crippen LogP contribution in [0.4, 0.5) is 0 Å². The monoisotopic (exact) mass is 361 g/mol. The molecular weight excluding hydrogens is 334 g/mol. The van der Waals surface area contributed by atoms with Crippen LogP contribution >= 0.6 is 0 Å². The van der Waals surface area contributed by atoms with E-state index in [2.05, 4.69) is 20.8 Å². The van der Waals surface area contributed by atoms with Crippen molar-refractivity contribution in [2.24, 2.45) is 5.92 Å². The van der Waals surface area contributed by atoms with E-state index in [1.165, 1.54) is 0 Å². The van der Waals surface area contributed by atoms with Gasteiger partial charge in [-0.15, -0.1) is 0 Å². The van der Waals surface area contributed by atoms with Crippen LogP contribution in [0, 0.1) is 5.92 Å². The number of benzene rings is 1. The number of sulfone groups is 1. The Morgan fingerprint density at radius 2 is 1.96 bits per heavy atom. The van der Waals surface area contributed by atoms with Crippen molar-refractivity contribution in [3.8, 4) is 11.4 Å². The fraction of sp³-hybridized carbons (Fsp3) is 0.579. The van der Waals surface area contributed by atoms with Gasteiger partial charge in [0.05, 0.1) is 17.5 Å². The highest BCUT2D eigenvalue weighted by atomic mass is 32.2. The van der Waals surface area contributed by atoms with Crippen LogP contribution in [-0.4, -0.2) is 34.7 Å². The number of nitrogens with zero attached hydrogens (tertiary/aromatic N) is 3. The molecule has 136 valence electrons. The van der Waals surface area contributed by atoms with Crippen molar-refractivity contribution in [3.63, 3.8) is 0 Å². The molecule has 1 aromatic heterocycles. The van der Waals surface area contributed by atoms with E-state index >= 15 is 0 Å². The Kier molecular flexibility index (Phi) is 5.27. The van der Waals surface area contributed by atoms with Crippen LogP contribution in [-0.2, 0) is 9.84 Å². The quantitative estimate of drug-likeness (QED) is 0.784. The third kappa shape index (κ3) is 3.94. The molecule has 0 N–H and O–H groups in total. The van der Waals surface area contributed by atoms with Gasteiger partial charge in [0, 0.05) is 11.5 Å². The second-order valence-corrected chi connectivity index (χ2v) is 9.53. The first-order valence-corrected chi connectivity index (χ1v) is 11.0. The lowest BCUT2D eigenvalue weighted by molar-refractivity contribution is 0.390. The van der Waals surface area contributed by atoms with Crippen molar-refractivity contribution < 1.29 is 8.42 Å². The Morgan fingerprint density at radius 1 is 1.24 bits per heavy atom. The second-order valence-electron chi connectivity index (χ2n) is 7.30. The molecule has 2 atom stereocenters. The van der Waals surface area contributed by atoms with Gasteiger partial charge in [0.2, 0.25) is 0 Å². The van der Waals surface area contributed by atoms with Gasteiger partial charge in [-0.25, -0.2) is 18.1 Å². The summed E-state index contributed by atoms with van der Waals surface area (Å²) in [4.78, 5) is 4.87. The van der Waals surface area contributed by atoms with Crippen LogP contribution in [0.1, 0.15) is 57.8 Å². The smallest absolute Gasteiger partial charge is 0.181 e. The summed E-state index contributed by atoms with van der Waals surface area (Å²) in [5.74, 6) is 2.79. The molecule has 1 fully saturated rings. The lowest BCUT2D eigenvalue weighted by Gasteiger charge is -2.22. The van der Waals surface area contributed by atoms with Crippen LogP contribution in [0.25, 0.3) is 11.4 Å². The fourth-order valence-electron chi connectivity index (χ4n) is 3.61. The maximum Gasteiger partial charge on any atom is 0.181 e. The van der Waals surface area contributed by atoms with Gasteiger partial charge in [0.1, 0.15) is 5.82 Å². The Hall–Kier alpha value is -1.69. The average Bonchev–Trinajstić information content (AvgIpc) is 3.16. The molecule has 2 heterocycles. The van der Waals surface area contributed by atoms with Gasteiger partial charge in [0.15, 0.2) is 15.7 Å². The summed E-state index contributed by atoms with van der Waals surface area (Å²) in [6.45, 7) is 6.58. The molecular formula is C19H27N3O2S. The maximum absolute atomic E-state index is 12.0. The van der Waals surface area contributed by atoms with Crippen LogP contribution < -0.4 is 0 Å². The molecule has 1 aromatic carbocycles. The minimum Gasteiger partial charge on any atom is -0.245 e. The van der Waals surface area contributed by atoms with Gasteiger partial charge < -0.3 is 0 Å². The summed E-state index contributed by atoms with van der Waals surface area (Å²) < 4.78 is 25.9. The molecule has 2 unspecified atom stereocenters. The molecule has 1 aliphatic rings. The van der Waals surface area contributed by atoms with E-state index < -0.39 is 9.84 Å². The van der Waals surface area contributed by atoms with Gasteiger partial charge in [0.25, 0.3) is 0 Å². The molecule has 0 aliphatic carbocycles. The van der Waals surface area contributed by atoms with E-state index in [1.807, 2.05) is 35.0 Å². The average molecular weight is 362 g/mol. The molecule has 0 saturated carbocycles. The number of aromatic nitrogens is 3. The first-order chi connectivity index (χ1) is 11.9. The van der Waals surface area contributed by atoms with Gasteiger partial charge in [-0.1, -0.05) is 57.5 Å². The summed E-state index contributed by atoms with van der Waals surface area (Å²) in [5, 5.41) is 4.75. The molecule has 0 spiro atoms. The second kappa shape index (κ2) is 7.28. The Labute approximate surface area is 150 Å². The van der Waals surface area contributed by atoms with Gasteiger partial charge >= 0.3 is 0 Å². The third-order valence-electron chi connectivity index (χ3n) is 4.98. The highest BCUT2D eigenvalue weighted by Crippen LogP contribution is 2.34. The van der Waals surface area contributed by atoms with E-state index in [0.717, 1.165) is 24.2 Å². The molecule has 0 amide bonds. The largest absolute Gasteiger partial charge is 0.245 e. The molecule has 1 aliphatic heterocycles. The van der Waals surface area contributed by atoms with Gasteiger partial charge in [-0.3, -0.25) is 0 Å². The third-order valence-corrected chi connectivity index (χ3v) is 6.73. The molecule has 0 radical (unpaired) electrons. The molecule has 2 aromatic rings. The highest BCUT2D eigenvalue weighted by Gasteiger charge is 2.34. The van der Waals surface area contributed by atoms with E-state index in [-0.39, 0.29) is 17.5 Å². The Morgan fingerprint density at radius 3 is 2.52 bits per heavy atom. The number of hydrogen-bond acceptors (Lipinski definition) is 4. The van der Waals surface area contributed by atoms with Crippen molar-refractivity contribution in [3.05, 3.63) is 36.2 Å². The van der Waals surface area contributed by atoms with E-state index in [1.54, 1.807) is 0 Å². The molecule has 0 bridgehead atoms. The van der Waals surface area contributed by atoms with Gasteiger partial charge in [-0.05, 0) is 18.8 Å². The lowest BCUT2D eigenvalue weighted by Crippen LogP contribution is -2.20. The van der Waals surface area contributed by atoms with Crippen LogP contribution in [0.2, 0.25) is 0 Å². The van der Waals surface area contributed by atoms with Crippen LogP contribution in [0.15, 0.2) is 30.3 Å². The van der Waals surface area contributed by atoms with Crippen molar-refractivity contribution in [1.82, 2.24) is 14.8 Å². The predicted molar refractivity (Wildman–Crippen MR) is 100 cm³/mol. The molecule has 5 nitrogen and oxygen atoms in total. The number of rotatable bonds is 6. The summed E-state index contributed by atoms with van der Waals surface area (Å²) >= 11 is 0. The molecule has 1 saturated heterocycles. The van der Waals surface area contributed by atoms with Crippen molar-refractivity contribution in [1.29, 1.82) is 0 Å². The van der Waals surface area contributed by atoms with Crippen molar-refractivity contribution >= 4 is 9.84 Å². The SMILES string of the molecule is CCCC(c1nc(-c2ccccc2)nn1C1CCS(=O)(=O)C1)C(C)C. The lowest BCUT2D eigenvalue weighted by atomic mass is 9.90. The first-order valence-electron chi connectivity index (χ1n) is 9.13. The Balaban J connectivity index is 2.06. The van der Waals surface area contributed by atoms with E-state index in [9.17, 15) is 8.42 Å². The van der Waals surface area contributed by atoms with Crippen molar-refractivity contribution in [2.45, 2.75) is 52.0 Å². The minimum absolute atomic E-state index is 0.0944. The summed E-state index contributed by atoms with van der Waals surface area (Å²) in [7, 11) is -2.96. The standard InChI is InChI=1S/C19H27N3O2S/c1-4-8-17(14(2)3)19-20-18(15-9-6-5-7-10-15)21-22(19)16-11-12-25(23,24)13-16/h5-7,9-10,14,16-17H,4,8,11-13H2,1-3H3. The van der Waals surface area contributed by atoms with Crippen LogP contribution in [0.5, 0.6) is 0 Å². The summed E-state index contributed by atoms with van der Waals surface area (Å²) in [6.07, 6.45) is 2.73. The predicted octanol–water partition coefficient (Wildman–Crippen LogP) is 3.84. The minimum atomic E-state index is -2.96. The van der Waals surface area contributed by atoms with E-state index in [4.69, 9.17) is 10.1 Å². The van der Waals surface area contributed by atoms with E-state index in [0.29, 0.717) is 24.1 Å². The first kappa shape index (κ1) is 18.1. The molecule has 25 heavy (non-hydrogen) atoms. The fourth-order valence-corrected chi connectivity index (χ4v) is 5.30. The zero-order valence-corrected chi connectivity index (χ0v) is 16.0. The Bertz CT molecular complexity index is 812.